The van der Waals surface area contributed by atoms with Crippen molar-refractivity contribution in [2.24, 2.45) is 0 Å². The van der Waals surface area contributed by atoms with Crippen LogP contribution in [0.4, 0.5) is 0 Å². The maximum atomic E-state index is 5.60. The first-order valence-electron chi connectivity index (χ1n) is 6.46. The van der Waals surface area contributed by atoms with Gasteiger partial charge in [-0.2, -0.15) is 0 Å². The summed E-state index contributed by atoms with van der Waals surface area (Å²) in [5.41, 5.74) is 2.89. The Kier molecular flexibility index (Phi) is 3.80. The molecule has 1 unspecified atom stereocenters. The maximum absolute atomic E-state index is 5.60. The molecule has 3 aromatic rings. The minimum absolute atomic E-state index is 0.00391. The van der Waals surface area contributed by atoms with E-state index in [9.17, 15) is 0 Å². The highest BCUT2D eigenvalue weighted by molar-refractivity contribution is 9.10. The first-order valence-corrected chi connectivity index (χ1v) is 7.26. The van der Waals surface area contributed by atoms with Crippen molar-refractivity contribution in [1.82, 2.24) is 15.3 Å². The summed E-state index contributed by atoms with van der Waals surface area (Å²) in [5, 5.41) is 3.43. The molecular weight excluding hydrogens is 318 g/mol. The van der Waals surface area contributed by atoms with E-state index in [0.717, 1.165) is 33.4 Å². The van der Waals surface area contributed by atoms with E-state index >= 15 is 0 Å². The number of rotatable bonds is 4. The average molecular weight is 332 g/mol. The summed E-state index contributed by atoms with van der Waals surface area (Å²) in [5.74, 6) is 0.870. The lowest BCUT2D eigenvalue weighted by atomic mass is 10.0. The maximum Gasteiger partial charge on any atom is 0.139 e. The van der Waals surface area contributed by atoms with Crippen molar-refractivity contribution in [3.63, 3.8) is 0 Å². The highest BCUT2D eigenvalue weighted by Crippen LogP contribution is 2.30. The molecule has 102 valence electrons. The van der Waals surface area contributed by atoms with Crippen molar-refractivity contribution in [2.75, 3.05) is 6.54 Å². The largest absolute Gasteiger partial charge is 0.466 e. The second kappa shape index (κ2) is 5.73. The lowest BCUT2D eigenvalue weighted by molar-refractivity contribution is 0.450. The van der Waals surface area contributed by atoms with E-state index in [0.29, 0.717) is 0 Å². The fraction of sp³-hybridized carbons (Fsp3) is 0.200. The van der Waals surface area contributed by atoms with E-state index in [1.807, 2.05) is 18.2 Å². The van der Waals surface area contributed by atoms with Gasteiger partial charge in [0.25, 0.3) is 0 Å². The normalized spacial score (nSPS) is 12.7. The first-order chi connectivity index (χ1) is 9.79. The van der Waals surface area contributed by atoms with Crippen LogP contribution in [0.3, 0.4) is 0 Å². The van der Waals surface area contributed by atoms with E-state index in [2.05, 4.69) is 44.2 Å². The molecule has 1 N–H and O–H groups in total. The second-order valence-corrected chi connectivity index (χ2v) is 5.28. The fourth-order valence-corrected chi connectivity index (χ4v) is 2.67. The van der Waals surface area contributed by atoms with Crippen LogP contribution in [0.15, 0.2) is 51.8 Å². The van der Waals surface area contributed by atoms with Gasteiger partial charge in [-0.15, -0.1) is 0 Å². The number of nitrogens with zero attached hydrogens (tertiary/aromatic N) is 2. The topological polar surface area (TPSA) is 51.0 Å². The Hall–Kier alpha value is -1.72. The number of halogens is 1. The SMILES string of the molecule is CCNC(c1ccc2nccnc2c1)c1occc1Br. The molecule has 0 saturated heterocycles. The smallest absolute Gasteiger partial charge is 0.139 e. The Morgan fingerprint density at radius 2 is 2.00 bits per heavy atom. The van der Waals surface area contributed by atoms with E-state index in [1.165, 1.54) is 0 Å². The van der Waals surface area contributed by atoms with E-state index in [1.54, 1.807) is 18.7 Å². The molecule has 0 fully saturated rings. The van der Waals surface area contributed by atoms with Gasteiger partial charge in [-0.25, -0.2) is 0 Å². The molecule has 2 heterocycles. The Bertz CT molecular complexity index is 726. The van der Waals surface area contributed by atoms with Gasteiger partial charge < -0.3 is 9.73 Å². The third kappa shape index (κ3) is 2.46. The zero-order valence-corrected chi connectivity index (χ0v) is 12.6. The van der Waals surface area contributed by atoms with Gasteiger partial charge in [0.1, 0.15) is 5.76 Å². The van der Waals surface area contributed by atoms with Crippen molar-refractivity contribution in [2.45, 2.75) is 13.0 Å². The molecule has 2 aromatic heterocycles. The third-order valence-corrected chi connectivity index (χ3v) is 3.80. The van der Waals surface area contributed by atoms with Crippen LogP contribution in [0.25, 0.3) is 11.0 Å². The summed E-state index contributed by atoms with van der Waals surface area (Å²) >= 11 is 3.52. The third-order valence-electron chi connectivity index (χ3n) is 3.14. The van der Waals surface area contributed by atoms with Crippen LogP contribution >= 0.6 is 15.9 Å². The lowest BCUT2D eigenvalue weighted by Crippen LogP contribution is -2.21. The van der Waals surface area contributed by atoms with Crippen molar-refractivity contribution >= 4 is 27.0 Å². The van der Waals surface area contributed by atoms with Crippen molar-refractivity contribution in [3.8, 4) is 0 Å². The predicted octanol–water partition coefficient (Wildman–Crippen LogP) is 3.68. The van der Waals surface area contributed by atoms with Gasteiger partial charge in [0, 0.05) is 12.4 Å². The summed E-state index contributed by atoms with van der Waals surface area (Å²) < 4.78 is 6.56. The first kappa shape index (κ1) is 13.3. The van der Waals surface area contributed by atoms with Crippen LogP contribution in [0.5, 0.6) is 0 Å². The average Bonchev–Trinajstić information content (AvgIpc) is 2.90. The minimum atomic E-state index is -0.00391. The van der Waals surface area contributed by atoms with Gasteiger partial charge in [-0.1, -0.05) is 13.0 Å². The molecule has 0 spiro atoms. The van der Waals surface area contributed by atoms with Crippen molar-refractivity contribution in [1.29, 1.82) is 0 Å². The highest BCUT2D eigenvalue weighted by Gasteiger charge is 2.19. The summed E-state index contributed by atoms with van der Waals surface area (Å²) in [6.07, 6.45) is 5.09. The van der Waals surface area contributed by atoms with Crippen LogP contribution in [-0.2, 0) is 0 Å². The number of benzene rings is 1. The molecule has 1 aromatic carbocycles. The molecule has 0 saturated carbocycles. The van der Waals surface area contributed by atoms with Gasteiger partial charge in [-0.05, 0) is 46.2 Å². The number of nitrogens with one attached hydrogen (secondary N) is 1. The number of hydrogen-bond donors (Lipinski definition) is 1. The van der Waals surface area contributed by atoms with Crippen LogP contribution < -0.4 is 5.32 Å². The zero-order valence-electron chi connectivity index (χ0n) is 11.0. The molecular formula is C15H14BrN3O. The quantitative estimate of drug-likeness (QED) is 0.792. The van der Waals surface area contributed by atoms with Gasteiger partial charge >= 0.3 is 0 Å². The molecule has 20 heavy (non-hydrogen) atoms. The van der Waals surface area contributed by atoms with Crippen LogP contribution in [-0.4, -0.2) is 16.5 Å². The molecule has 3 rings (SSSR count). The summed E-state index contributed by atoms with van der Waals surface area (Å²) in [7, 11) is 0. The van der Waals surface area contributed by atoms with Gasteiger partial charge in [0.05, 0.1) is 27.8 Å². The standard InChI is InChI=1S/C15H14BrN3O/c1-2-17-14(15-11(16)5-8-20-15)10-3-4-12-13(9-10)19-7-6-18-12/h3-9,14,17H,2H2,1H3. The summed E-state index contributed by atoms with van der Waals surface area (Å²) in [4.78, 5) is 8.65. The Morgan fingerprint density at radius 3 is 2.70 bits per heavy atom. The lowest BCUT2D eigenvalue weighted by Gasteiger charge is -2.17. The van der Waals surface area contributed by atoms with Crippen LogP contribution in [0.2, 0.25) is 0 Å². The van der Waals surface area contributed by atoms with Crippen molar-refractivity contribution in [3.05, 3.63) is 58.7 Å². The number of aromatic nitrogens is 2. The second-order valence-electron chi connectivity index (χ2n) is 4.43. The van der Waals surface area contributed by atoms with Crippen LogP contribution in [0, 0.1) is 0 Å². The zero-order chi connectivity index (χ0) is 13.9. The Morgan fingerprint density at radius 1 is 1.20 bits per heavy atom. The Balaban J connectivity index is 2.07. The van der Waals surface area contributed by atoms with E-state index in [4.69, 9.17) is 4.42 Å². The molecule has 0 aliphatic heterocycles. The fourth-order valence-electron chi connectivity index (χ4n) is 2.24. The molecule has 1 atom stereocenters. The number of fused-ring (bicyclic) bond motifs is 1. The molecule has 0 bridgehead atoms. The van der Waals surface area contributed by atoms with Gasteiger partial charge in [-0.3, -0.25) is 9.97 Å². The van der Waals surface area contributed by atoms with E-state index < -0.39 is 0 Å². The Labute approximate surface area is 125 Å². The number of hydrogen-bond acceptors (Lipinski definition) is 4. The number of furan rings is 1. The molecule has 4 nitrogen and oxygen atoms in total. The van der Waals surface area contributed by atoms with Gasteiger partial charge in [0.2, 0.25) is 0 Å². The van der Waals surface area contributed by atoms with Crippen molar-refractivity contribution < 1.29 is 4.42 Å². The molecule has 0 radical (unpaired) electrons. The van der Waals surface area contributed by atoms with E-state index in [-0.39, 0.29) is 6.04 Å². The highest BCUT2D eigenvalue weighted by atomic mass is 79.9. The predicted molar refractivity (Wildman–Crippen MR) is 81.5 cm³/mol. The minimum Gasteiger partial charge on any atom is -0.466 e. The monoisotopic (exact) mass is 331 g/mol. The van der Waals surface area contributed by atoms with Crippen LogP contribution in [0.1, 0.15) is 24.3 Å². The summed E-state index contributed by atoms with van der Waals surface area (Å²) in [6.45, 7) is 2.92. The summed E-state index contributed by atoms with van der Waals surface area (Å²) in [6, 6.07) is 7.99. The molecule has 5 heteroatoms. The molecule has 0 aliphatic rings. The van der Waals surface area contributed by atoms with Gasteiger partial charge in [0.15, 0.2) is 0 Å². The molecule has 0 amide bonds. The molecule has 0 aliphatic carbocycles.